The molecule has 0 fully saturated rings. The van der Waals surface area contributed by atoms with Gasteiger partial charge in [-0.3, -0.25) is 19.2 Å². The number of aliphatic hydroxyl groups excluding tert-OH is 1. The van der Waals surface area contributed by atoms with Gasteiger partial charge in [0, 0.05) is 6.42 Å². The summed E-state index contributed by atoms with van der Waals surface area (Å²) >= 11 is 0. The zero-order valence-electron chi connectivity index (χ0n) is 16.4. The maximum absolute atomic E-state index is 12.6. The van der Waals surface area contributed by atoms with Gasteiger partial charge in [-0.2, -0.15) is 0 Å². The lowest BCUT2D eigenvalue weighted by Crippen LogP contribution is -2.55. The molecule has 13 nitrogen and oxygen atoms in total. The van der Waals surface area contributed by atoms with Gasteiger partial charge in [-0.15, -0.1) is 0 Å². The van der Waals surface area contributed by atoms with Gasteiger partial charge in [-0.1, -0.05) is 12.1 Å². The molecule has 0 aromatic heterocycles. The monoisotopic (exact) mass is 439 g/mol. The van der Waals surface area contributed by atoms with E-state index in [1.165, 1.54) is 24.3 Å². The first kappa shape index (κ1) is 25.3. The average Bonchev–Trinajstić information content (AvgIpc) is 2.71. The number of aliphatic hydroxyl groups is 1. The van der Waals surface area contributed by atoms with Gasteiger partial charge in [0.1, 0.15) is 23.9 Å². The summed E-state index contributed by atoms with van der Waals surface area (Å²) < 4.78 is 0. The van der Waals surface area contributed by atoms with Crippen LogP contribution in [-0.4, -0.2) is 76.2 Å². The van der Waals surface area contributed by atoms with E-state index in [1.807, 2.05) is 0 Å². The predicted octanol–water partition coefficient (Wildman–Crippen LogP) is -3.70. The highest BCUT2D eigenvalue weighted by Crippen LogP contribution is 2.11. The molecule has 10 N–H and O–H groups in total. The molecule has 0 saturated heterocycles. The molecule has 4 amide bonds. The van der Waals surface area contributed by atoms with Crippen molar-refractivity contribution in [3.05, 3.63) is 29.8 Å². The van der Waals surface area contributed by atoms with Gasteiger partial charge in [0.05, 0.1) is 19.6 Å². The van der Waals surface area contributed by atoms with Gasteiger partial charge < -0.3 is 42.7 Å². The third kappa shape index (κ3) is 9.10. The number of nitrogens with one attached hydrogen (secondary N) is 3. The first-order valence-electron chi connectivity index (χ1n) is 9.06. The zero-order valence-corrected chi connectivity index (χ0v) is 16.4. The molecule has 3 atom stereocenters. The second kappa shape index (κ2) is 12.1. The Balaban J connectivity index is 2.91. The van der Waals surface area contributed by atoms with Gasteiger partial charge in [-0.05, 0) is 17.7 Å². The number of primary amides is 1. The normalized spacial score (nSPS) is 13.4. The molecule has 3 unspecified atom stereocenters. The number of carboxylic acid groups (broad SMARTS) is 1. The lowest BCUT2D eigenvalue weighted by molar-refractivity contribution is -0.143. The molecule has 13 heteroatoms. The molecular formula is C18H25N5O8. The Morgan fingerprint density at radius 2 is 1.58 bits per heavy atom. The van der Waals surface area contributed by atoms with E-state index in [0.717, 1.165) is 0 Å². The molecule has 170 valence electrons. The van der Waals surface area contributed by atoms with Crippen molar-refractivity contribution in [2.45, 2.75) is 31.0 Å². The Labute approximate surface area is 176 Å². The van der Waals surface area contributed by atoms with Crippen molar-refractivity contribution in [1.82, 2.24) is 16.0 Å². The quantitative estimate of drug-likeness (QED) is 0.160. The van der Waals surface area contributed by atoms with Gasteiger partial charge in [0.25, 0.3) is 0 Å². The zero-order chi connectivity index (χ0) is 23.6. The van der Waals surface area contributed by atoms with Crippen molar-refractivity contribution in [3.63, 3.8) is 0 Å². The van der Waals surface area contributed by atoms with Crippen LogP contribution < -0.4 is 27.4 Å². The average molecular weight is 439 g/mol. The van der Waals surface area contributed by atoms with Crippen molar-refractivity contribution < 1.29 is 39.3 Å². The molecule has 0 heterocycles. The Morgan fingerprint density at radius 3 is 2.10 bits per heavy atom. The minimum Gasteiger partial charge on any atom is -0.508 e. The fourth-order valence-corrected chi connectivity index (χ4v) is 2.38. The fraction of sp³-hybridized carbons (Fsp3) is 0.389. The molecule has 0 radical (unpaired) electrons. The van der Waals surface area contributed by atoms with E-state index in [4.69, 9.17) is 21.7 Å². The molecule has 0 aliphatic heterocycles. The Morgan fingerprint density at radius 1 is 0.968 bits per heavy atom. The van der Waals surface area contributed by atoms with Crippen LogP contribution in [0.25, 0.3) is 0 Å². The number of nitrogens with two attached hydrogens (primary N) is 2. The van der Waals surface area contributed by atoms with Crippen LogP contribution in [0.4, 0.5) is 0 Å². The lowest BCUT2D eigenvalue weighted by atomic mass is 10.0. The Hall–Kier alpha value is -3.71. The summed E-state index contributed by atoms with van der Waals surface area (Å²) in [5.41, 5.74) is 10.8. The summed E-state index contributed by atoms with van der Waals surface area (Å²) in [6, 6.07) is 1.57. The predicted molar refractivity (Wildman–Crippen MR) is 105 cm³/mol. The second-order valence-electron chi connectivity index (χ2n) is 6.57. The number of carboxylic acids is 1. The fourth-order valence-electron chi connectivity index (χ4n) is 2.38. The SMILES string of the molecule is NC(=O)CC(NC(=O)C(Cc1ccc(O)cc1)NC(=O)CNC(=O)C(N)CO)C(=O)O. The molecule has 1 rings (SSSR count). The van der Waals surface area contributed by atoms with Gasteiger partial charge in [-0.25, -0.2) is 4.79 Å². The first-order valence-corrected chi connectivity index (χ1v) is 9.06. The first-order chi connectivity index (χ1) is 14.5. The number of benzene rings is 1. The summed E-state index contributed by atoms with van der Waals surface area (Å²) in [6.07, 6.45) is -0.749. The highest BCUT2D eigenvalue weighted by atomic mass is 16.4. The minimum absolute atomic E-state index is 0.0240. The largest absolute Gasteiger partial charge is 0.508 e. The number of aromatic hydroxyl groups is 1. The van der Waals surface area contributed by atoms with Crippen LogP contribution in [-0.2, 0) is 30.4 Å². The number of amides is 4. The van der Waals surface area contributed by atoms with Crippen LogP contribution in [0.1, 0.15) is 12.0 Å². The maximum atomic E-state index is 12.6. The maximum Gasteiger partial charge on any atom is 0.326 e. The van der Waals surface area contributed by atoms with Crippen LogP contribution >= 0.6 is 0 Å². The van der Waals surface area contributed by atoms with E-state index in [2.05, 4.69) is 16.0 Å². The Bertz CT molecular complexity index is 814. The number of carbonyl (C=O) groups is 5. The van der Waals surface area contributed by atoms with Crippen molar-refractivity contribution >= 4 is 29.6 Å². The molecule has 0 aliphatic carbocycles. The summed E-state index contributed by atoms with van der Waals surface area (Å²) in [5, 5.41) is 34.0. The molecule has 1 aromatic rings. The van der Waals surface area contributed by atoms with E-state index in [9.17, 15) is 29.1 Å². The number of carbonyl (C=O) groups excluding carboxylic acids is 4. The van der Waals surface area contributed by atoms with Crippen LogP contribution in [0.15, 0.2) is 24.3 Å². The number of aliphatic carboxylic acids is 1. The van der Waals surface area contributed by atoms with E-state index >= 15 is 0 Å². The van der Waals surface area contributed by atoms with Crippen LogP contribution in [0, 0.1) is 0 Å². The van der Waals surface area contributed by atoms with Gasteiger partial charge in [0.15, 0.2) is 0 Å². The van der Waals surface area contributed by atoms with E-state index in [-0.39, 0.29) is 12.2 Å². The molecule has 0 aliphatic rings. The number of hydrogen-bond acceptors (Lipinski definition) is 8. The lowest BCUT2D eigenvalue weighted by Gasteiger charge is -2.21. The van der Waals surface area contributed by atoms with E-state index < -0.39 is 67.3 Å². The van der Waals surface area contributed by atoms with Crippen molar-refractivity contribution in [3.8, 4) is 5.75 Å². The number of hydrogen-bond donors (Lipinski definition) is 8. The Kier molecular flexibility index (Phi) is 9.88. The molecular weight excluding hydrogens is 414 g/mol. The minimum atomic E-state index is -1.61. The number of phenolic OH excluding ortho intramolecular Hbond substituents is 1. The van der Waals surface area contributed by atoms with Crippen LogP contribution in [0.2, 0.25) is 0 Å². The molecule has 0 saturated carbocycles. The summed E-state index contributed by atoms with van der Waals surface area (Å²) in [6.45, 7) is -1.19. The number of rotatable bonds is 12. The van der Waals surface area contributed by atoms with Crippen molar-refractivity contribution in [2.75, 3.05) is 13.2 Å². The molecule has 0 bridgehead atoms. The third-order valence-electron chi connectivity index (χ3n) is 4.00. The molecule has 0 spiro atoms. The standard InChI is InChI=1S/C18H25N5O8/c19-11(8-24)16(28)21-7-15(27)22-12(5-9-1-3-10(25)4-2-9)17(29)23-13(18(30)31)6-14(20)26/h1-4,11-13,24-25H,5-8,19H2,(H2,20,26)(H,21,28)(H,22,27)(H,23,29)(H,30,31). The molecule has 1 aromatic carbocycles. The van der Waals surface area contributed by atoms with Crippen molar-refractivity contribution in [2.24, 2.45) is 11.5 Å². The van der Waals surface area contributed by atoms with E-state index in [1.54, 1.807) is 0 Å². The smallest absolute Gasteiger partial charge is 0.326 e. The molecule has 31 heavy (non-hydrogen) atoms. The van der Waals surface area contributed by atoms with E-state index in [0.29, 0.717) is 5.56 Å². The topological polar surface area (TPSA) is 234 Å². The summed E-state index contributed by atoms with van der Waals surface area (Å²) in [4.78, 5) is 58.6. The highest BCUT2D eigenvalue weighted by molar-refractivity contribution is 5.93. The summed E-state index contributed by atoms with van der Waals surface area (Å²) in [7, 11) is 0. The van der Waals surface area contributed by atoms with Crippen LogP contribution in [0.5, 0.6) is 5.75 Å². The summed E-state index contributed by atoms with van der Waals surface area (Å²) in [5.74, 6) is -4.96. The van der Waals surface area contributed by atoms with Gasteiger partial charge >= 0.3 is 5.97 Å². The number of phenols is 1. The second-order valence-corrected chi connectivity index (χ2v) is 6.57. The van der Waals surface area contributed by atoms with Crippen LogP contribution in [0.3, 0.4) is 0 Å². The van der Waals surface area contributed by atoms with Gasteiger partial charge in [0.2, 0.25) is 23.6 Å². The highest BCUT2D eigenvalue weighted by Gasteiger charge is 2.28. The van der Waals surface area contributed by atoms with Crippen molar-refractivity contribution in [1.29, 1.82) is 0 Å². The third-order valence-corrected chi connectivity index (χ3v) is 4.00.